The van der Waals surface area contributed by atoms with Crippen LogP contribution >= 0.6 is 0 Å². The van der Waals surface area contributed by atoms with Crippen LogP contribution in [0.1, 0.15) is 12.1 Å². The van der Waals surface area contributed by atoms with Crippen molar-refractivity contribution in [3.05, 3.63) is 66.2 Å². The first-order valence-electron chi connectivity index (χ1n) is 10.7. The number of amides is 4. The van der Waals surface area contributed by atoms with E-state index >= 15 is 0 Å². The second kappa shape index (κ2) is 7.25. The third-order valence-electron chi connectivity index (χ3n) is 6.64. The van der Waals surface area contributed by atoms with Crippen LogP contribution in [0.5, 0.6) is 5.75 Å². The highest BCUT2D eigenvalue weighted by Gasteiger charge is 2.63. The van der Waals surface area contributed by atoms with Crippen molar-refractivity contribution >= 4 is 34.5 Å². The molecule has 0 radical (unpaired) electrons. The lowest BCUT2D eigenvalue weighted by Gasteiger charge is -2.34. The highest BCUT2D eigenvalue weighted by Crippen LogP contribution is 2.43. The van der Waals surface area contributed by atoms with Gasteiger partial charge >= 0.3 is 12.1 Å². The molecular weight excluding hydrogens is 441 g/mol. The molecule has 3 saturated heterocycles. The van der Waals surface area contributed by atoms with Crippen molar-refractivity contribution in [2.24, 2.45) is 0 Å². The molecule has 0 aliphatic carbocycles. The topological polar surface area (TPSA) is 107 Å². The first-order chi connectivity index (χ1) is 16.5. The molecule has 3 fully saturated rings. The van der Waals surface area contributed by atoms with Gasteiger partial charge < -0.3 is 14.5 Å². The molecule has 1 aromatic heterocycles. The molecule has 10 heteroatoms. The number of fused-ring (bicyclic) bond motifs is 6. The van der Waals surface area contributed by atoms with E-state index in [0.717, 1.165) is 4.90 Å². The number of imide groups is 1. The van der Waals surface area contributed by atoms with Gasteiger partial charge in [-0.25, -0.2) is 23.9 Å². The zero-order valence-electron chi connectivity index (χ0n) is 17.6. The zero-order valence-corrected chi connectivity index (χ0v) is 17.6. The van der Waals surface area contributed by atoms with Crippen LogP contribution < -0.4 is 9.64 Å². The van der Waals surface area contributed by atoms with Gasteiger partial charge in [-0.2, -0.15) is 5.26 Å². The van der Waals surface area contributed by atoms with Crippen molar-refractivity contribution in [1.29, 1.82) is 5.26 Å². The number of anilines is 1. The fourth-order valence-electron chi connectivity index (χ4n) is 5.20. The third-order valence-corrected chi connectivity index (χ3v) is 6.64. The Morgan fingerprint density at radius 1 is 1.12 bits per heavy atom. The summed E-state index contributed by atoms with van der Waals surface area (Å²) < 4.78 is 18.5. The molecular formula is C24H16FN5O4. The predicted octanol–water partition coefficient (Wildman–Crippen LogP) is 3.04. The Kier molecular flexibility index (Phi) is 4.29. The molecule has 2 bridgehead atoms. The second-order valence-corrected chi connectivity index (χ2v) is 8.39. The monoisotopic (exact) mass is 457 g/mol. The first-order valence-corrected chi connectivity index (χ1v) is 10.7. The van der Waals surface area contributed by atoms with Gasteiger partial charge in [-0.3, -0.25) is 4.79 Å². The van der Waals surface area contributed by atoms with E-state index < -0.39 is 35.9 Å². The van der Waals surface area contributed by atoms with Crippen LogP contribution in [0.15, 0.2) is 54.7 Å². The number of ether oxygens (including phenoxy) is 1. The standard InChI is InChI=1S/C24H16FN5O4/c25-13-5-7-15(8-6-13)34-24(33)28-12-14-9-19(28)21-22(31)30(23(32)29(14)21)20-11-27-18(10-26)16-3-1-2-4-17(16)20/h1-8,11,14,19,21H,9,12H2/t14?,19?,21-/m1/s1. The molecule has 2 aromatic carbocycles. The summed E-state index contributed by atoms with van der Waals surface area (Å²) in [6.45, 7) is 0.237. The molecule has 3 aromatic rings. The Balaban J connectivity index is 1.31. The van der Waals surface area contributed by atoms with Crippen molar-refractivity contribution in [3.8, 4) is 11.8 Å². The molecule has 4 amide bonds. The average Bonchev–Trinajstić information content (AvgIpc) is 3.51. The number of aromatic nitrogens is 1. The largest absolute Gasteiger partial charge is 0.415 e. The van der Waals surface area contributed by atoms with Crippen molar-refractivity contribution in [3.63, 3.8) is 0 Å². The molecule has 4 heterocycles. The second-order valence-electron chi connectivity index (χ2n) is 8.39. The summed E-state index contributed by atoms with van der Waals surface area (Å²) in [5, 5.41) is 10.5. The molecule has 3 aliphatic rings. The fraction of sp³-hybridized carbons (Fsp3) is 0.208. The number of piperazine rings is 1. The summed E-state index contributed by atoms with van der Waals surface area (Å²) in [4.78, 5) is 47.9. The van der Waals surface area contributed by atoms with Crippen molar-refractivity contribution in [2.45, 2.75) is 24.5 Å². The number of benzene rings is 2. The van der Waals surface area contributed by atoms with Crippen molar-refractivity contribution < 1.29 is 23.5 Å². The van der Waals surface area contributed by atoms with Crippen molar-refractivity contribution in [2.75, 3.05) is 11.4 Å². The lowest BCUT2D eigenvalue weighted by atomic mass is 10.1. The Labute approximate surface area is 192 Å². The summed E-state index contributed by atoms with van der Waals surface area (Å²) in [6, 6.07) is 11.9. The molecule has 0 saturated carbocycles. The fourth-order valence-corrected chi connectivity index (χ4v) is 5.20. The van der Waals surface area contributed by atoms with E-state index in [0.29, 0.717) is 22.9 Å². The number of hydrogen-bond donors (Lipinski definition) is 0. The van der Waals surface area contributed by atoms with Gasteiger partial charge in [0.05, 0.1) is 24.0 Å². The average molecular weight is 457 g/mol. The molecule has 9 nitrogen and oxygen atoms in total. The number of carbonyl (C=O) groups is 3. The molecule has 3 aliphatic heterocycles. The number of halogens is 1. The van der Waals surface area contributed by atoms with Crippen LogP contribution in [-0.2, 0) is 4.79 Å². The van der Waals surface area contributed by atoms with E-state index in [1.54, 1.807) is 24.3 Å². The maximum absolute atomic E-state index is 13.5. The van der Waals surface area contributed by atoms with Gasteiger partial charge in [-0.15, -0.1) is 0 Å². The van der Waals surface area contributed by atoms with E-state index in [-0.39, 0.29) is 24.0 Å². The van der Waals surface area contributed by atoms with Gasteiger partial charge in [0.2, 0.25) is 0 Å². The summed E-state index contributed by atoms with van der Waals surface area (Å²) in [6.07, 6.45) is 1.19. The Bertz CT molecular complexity index is 1420. The van der Waals surface area contributed by atoms with Gasteiger partial charge in [0, 0.05) is 17.3 Å². The number of nitriles is 1. The number of carbonyl (C=O) groups excluding carboxylic acids is 3. The highest BCUT2D eigenvalue weighted by atomic mass is 19.1. The molecule has 168 valence electrons. The summed E-state index contributed by atoms with van der Waals surface area (Å²) >= 11 is 0. The Morgan fingerprint density at radius 3 is 2.59 bits per heavy atom. The molecule has 0 spiro atoms. The van der Waals surface area contributed by atoms with E-state index in [9.17, 15) is 24.0 Å². The first kappa shape index (κ1) is 20.1. The van der Waals surface area contributed by atoms with Crippen LogP contribution in [0.4, 0.5) is 19.7 Å². The Morgan fingerprint density at radius 2 is 1.85 bits per heavy atom. The zero-order chi connectivity index (χ0) is 23.6. The third kappa shape index (κ3) is 2.76. The van der Waals surface area contributed by atoms with E-state index in [4.69, 9.17) is 4.74 Å². The van der Waals surface area contributed by atoms with Crippen LogP contribution in [-0.4, -0.2) is 57.5 Å². The summed E-state index contributed by atoms with van der Waals surface area (Å²) in [5.74, 6) is -0.708. The summed E-state index contributed by atoms with van der Waals surface area (Å²) in [7, 11) is 0. The van der Waals surface area contributed by atoms with Crippen LogP contribution in [0.2, 0.25) is 0 Å². The number of likely N-dealkylation sites (tertiary alicyclic amines) is 1. The van der Waals surface area contributed by atoms with Gasteiger partial charge in [0.25, 0.3) is 5.91 Å². The van der Waals surface area contributed by atoms with Crippen LogP contribution in [0, 0.1) is 17.1 Å². The summed E-state index contributed by atoms with van der Waals surface area (Å²) in [5.41, 5.74) is 0.507. The normalized spacial score (nSPS) is 22.9. The molecule has 0 N–H and O–H groups in total. The van der Waals surface area contributed by atoms with Crippen LogP contribution in [0.25, 0.3) is 10.8 Å². The molecule has 34 heavy (non-hydrogen) atoms. The van der Waals surface area contributed by atoms with Gasteiger partial charge in [0.1, 0.15) is 29.4 Å². The minimum atomic E-state index is -0.832. The quantitative estimate of drug-likeness (QED) is 0.548. The Hall–Kier alpha value is -4.52. The van der Waals surface area contributed by atoms with Gasteiger partial charge in [0.15, 0.2) is 0 Å². The lowest BCUT2D eigenvalue weighted by molar-refractivity contribution is -0.121. The molecule has 2 unspecified atom stereocenters. The number of nitrogens with zero attached hydrogens (tertiary/aromatic N) is 5. The number of hydrogen-bond acceptors (Lipinski definition) is 6. The number of urea groups is 1. The maximum atomic E-state index is 13.5. The minimum Gasteiger partial charge on any atom is -0.410 e. The van der Waals surface area contributed by atoms with E-state index in [1.807, 2.05) is 6.07 Å². The highest BCUT2D eigenvalue weighted by molar-refractivity contribution is 6.25. The smallest absolute Gasteiger partial charge is 0.410 e. The minimum absolute atomic E-state index is 0.191. The van der Waals surface area contributed by atoms with Gasteiger partial charge in [-0.05, 0) is 30.7 Å². The molecule has 3 atom stereocenters. The van der Waals surface area contributed by atoms with E-state index in [1.165, 1.54) is 40.3 Å². The maximum Gasteiger partial charge on any atom is 0.415 e. The SMILES string of the molecule is N#Cc1ncc(N2C(=O)[C@H]3C4CC(CN4C(=O)Oc4ccc(F)cc4)N3C2=O)c2ccccc12. The lowest BCUT2D eigenvalue weighted by Crippen LogP contribution is -2.55. The number of pyridine rings is 1. The van der Waals surface area contributed by atoms with Crippen molar-refractivity contribution in [1.82, 2.24) is 14.8 Å². The molecule has 6 rings (SSSR count). The van der Waals surface area contributed by atoms with E-state index in [2.05, 4.69) is 4.98 Å². The van der Waals surface area contributed by atoms with Crippen LogP contribution in [0.3, 0.4) is 0 Å². The van der Waals surface area contributed by atoms with Gasteiger partial charge in [-0.1, -0.05) is 24.3 Å². The predicted molar refractivity (Wildman–Crippen MR) is 116 cm³/mol. The number of rotatable bonds is 2.